The van der Waals surface area contributed by atoms with Crippen molar-refractivity contribution in [3.8, 4) is 11.5 Å². The van der Waals surface area contributed by atoms with Gasteiger partial charge in [0.1, 0.15) is 0 Å². The normalized spacial score (nSPS) is 10.3. The van der Waals surface area contributed by atoms with Gasteiger partial charge in [-0.3, -0.25) is 0 Å². The maximum atomic E-state index is 9.40. The average molecular weight is 264 g/mol. The average Bonchev–Trinajstić information content (AvgIpc) is 2.35. The molecular weight excluding hydrogens is 250 g/mol. The molecule has 0 radical (unpaired) electrons. The number of anilines is 1. The van der Waals surface area contributed by atoms with E-state index in [0.717, 1.165) is 16.8 Å². The van der Waals surface area contributed by atoms with Gasteiger partial charge in [-0.1, -0.05) is 23.7 Å². The molecule has 2 aromatic carbocycles. The molecule has 18 heavy (non-hydrogen) atoms. The van der Waals surface area contributed by atoms with Gasteiger partial charge in [0.15, 0.2) is 11.5 Å². The van der Waals surface area contributed by atoms with Crippen molar-refractivity contribution in [1.29, 1.82) is 0 Å². The van der Waals surface area contributed by atoms with Gasteiger partial charge in [-0.15, -0.1) is 0 Å². The molecule has 3 nitrogen and oxygen atoms in total. The van der Waals surface area contributed by atoms with Crippen LogP contribution in [0.1, 0.15) is 11.1 Å². The highest BCUT2D eigenvalue weighted by molar-refractivity contribution is 6.31. The lowest BCUT2D eigenvalue weighted by Gasteiger charge is -2.11. The first kappa shape index (κ1) is 12.6. The van der Waals surface area contributed by atoms with Gasteiger partial charge in [-0.2, -0.15) is 0 Å². The van der Waals surface area contributed by atoms with Crippen molar-refractivity contribution in [2.45, 2.75) is 13.5 Å². The monoisotopic (exact) mass is 263 g/mol. The molecule has 0 amide bonds. The van der Waals surface area contributed by atoms with Crippen LogP contribution in [0, 0.1) is 6.92 Å². The third kappa shape index (κ3) is 2.68. The zero-order valence-electron chi connectivity index (χ0n) is 9.94. The lowest BCUT2D eigenvalue weighted by molar-refractivity contribution is 0.403. The highest BCUT2D eigenvalue weighted by Crippen LogP contribution is 2.26. The van der Waals surface area contributed by atoms with E-state index in [4.69, 9.17) is 11.6 Å². The third-order valence-corrected chi connectivity index (χ3v) is 3.20. The first-order chi connectivity index (χ1) is 8.58. The Bertz CT molecular complexity index is 570. The number of phenols is 2. The van der Waals surface area contributed by atoms with Crippen LogP contribution >= 0.6 is 11.6 Å². The van der Waals surface area contributed by atoms with Crippen LogP contribution in [0.5, 0.6) is 11.5 Å². The summed E-state index contributed by atoms with van der Waals surface area (Å²) in [7, 11) is 0. The number of rotatable bonds is 3. The minimum absolute atomic E-state index is 0.113. The Morgan fingerprint density at radius 1 is 1.11 bits per heavy atom. The van der Waals surface area contributed by atoms with Crippen molar-refractivity contribution in [2.75, 3.05) is 5.32 Å². The van der Waals surface area contributed by atoms with E-state index in [0.29, 0.717) is 11.6 Å². The number of aromatic hydroxyl groups is 2. The Hall–Kier alpha value is -1.87. The Morgan fingerprint density at radius 3 is 2.61 bits per heavy atom. The predicted octanol–water partition coefficient (Wildman–Crippen LogP) is 3.67. The van der Waals surface area contributed by atoms with E-state index >= 15 is 0 Å². The maximum Gasteiger partial charge on any atom is 0.157 e. The first-order valence-electron chi connectivity index (χ1n) is 5.58. The molecule has 3 N–H and O–H groups in total. The molecule has 0 heterocycles. The summed E-state index contributed by atoms with van der Waals surface area (Å²) in [4.78, 5) is 0. The van der Waals surface area contributed by atoms with E-state index in [1.165, 1.54) is 12.1 Å². The zero-order valence-corrected chi connectivity index (χ0v) is 10.7. The maximum absolute atomic E-state index is 9.40. The van der Waals surface area contributed by atoms with Crippen LogP contribution in [0.2, 0.25) is 5.02 Å². The second kappa shape index (κ2) is 5.19. The van der Waals surface area contributed by atoms with Gasteiger partial charge in [-0.25, -0.2) is 0 Å². The smallest absolute Gasteiger partial charge is 0.157 e. The van der Waals surface area contributed by atoms with Crippen LogP contribution in [0.25, 0.3) is 0 Å². The highest BCUT2D eigenvalue weighted by Gasteiger charge is 2.03. The van der Waals surface area contributed by atoms with Gasteiger partial charge < -0.3 is 15.5 Å². The quantitative estimate of drug-likeness (QED) is 0.741. The van der Waals surface area contributed by atoms with Gasteiger partial charge in [0.25, 0.3) is 0 Å². The molecule has 0 aliphatic rings. The van der Waals surface area contributed by atoms with Crippen LogP contribution in [0.4, 0.5) is 5.69 Å². The fourth-order valence-electron chi connectivity index (χ4n) is 1.68. The molecule has 0 unspecified atom stereocenters. The van der Waals surface area contributed by atoms with Gasteiger partial charge >= 0.3 is 0 Å². The molecule has 94 valence electrons. The second-order valence-corrected chi connectivity index (χ2v) is 4.50. The van der Waals surface area contributed by atoms with Crippen molar-refractivity contribution >= 4 is 17.3 Å². The SMILES string of the molecule is Cc1c(Cl)cccc1NCc1ccc(O)c(O)c1. The molecule has 0 saturated heterocycles. The number of benzene rings is 2. The standard InChI is InChI=1S/C14H14ClNO2/c1-9-11(15)3-2-4-12(9)16-8-10-5-6-13(17)14(18)7-10/h2-7,16-18H,8H2,1H3. The Morgan fingerprint density at radius 2 is 1.89 bits per heavy atom. The van der Waals surface area contributed by atoms with Gasteiger partial charge in [0, 0.05) is 17.3 Å². The molecule has 0 aromatic heterocycles. The zero-order chi connectivity index (χ0) is 13.1. The fraction of sp³-hybridized carbons (Fsp3) is 0.143. The van der Waals surface area contributed by atoms with Crippen molar-refractivity contribution in [3.05, 3.63) is 52.5 Å². The predicted molar refractivity (Wildman–Crippen MR) is 73.3 cm³/mol. The number of phenolic OH excluding ortho intramolecular Hbond substituents is 2. The van der Waals surface area contributed by atoms with E-state index in [-0.39, 0.29) is 11.5 Å². The minimum Gasteiger partial charge on any atom is -0.504 e. The van der Waals surface area contributed by atoms with Gasteiger partial charge in [-0.05, 0) is 42.3 Å². The summed E-state index contributed by atoms with van der Waals surface area (Å²) < 4.78 is 0. The van der Waals surface area contributed by atoms with Crippen molar-refractivity contribution in [3.63, 3.8) is 0 Å². The summed E-state index contributed by atoms with van der Waals surface area (Å²) in [5.41, 5.74) is 2.82. The number of nitrogens with one attached hydrogen (secondary N) is 1. The largest absolute Gasteiger partial charge is 0.504 e. The van der Waals surface area contributed by atoms with E-state index in [1.54, 1.807) is 6.07 Å². The van der Waals surface area contributed by atoms with E-state index in [9.17, 15) is 10.2 Å². The fourth-order valence-corrected chi connectivity index (χ4v) is 1.85. The number of hydrogen-bond acceptors (Lipinski definition) is 3. The van der Waals surface area contributed by atoms with Crippen LogP contribution in [-0.4, -0.2) is 10.2 Å². The molecule has 2 aromatic rings. The van der Waals surface area contributed by atoms with Crippen LogP contribution in [-0.2, 0) is 6.54 Å². The summed E-state index contributed by atoms with van der Waals surface area (Å²) in [6, 6.07) is 10.4. The molecule has 0 atom stereocenters. The van der Waals surface area contributed by atoms with Crippen molar-refractivity contribution in [2.24, 2.45) is 0 Å². The highest BCUT2D eigenvalue weighted by atomic mass is 35.5. The summed E-state index contributed by atoms with van der Waals surface area (Å²) in [5, 5.41) is 22.6. The third-order valence-electron chi connectivity index (χ3n) is 2.79. The molecule has 0 bridgehead atoms. The lowest BCUT2D eigenvalue weighted by Crippen LogP contribution is -2.01. The number of hydrogen-bond donors (Lipinski definition) is 3. The molecule has 0 aliphatic carbocycles. The van der Waals surface area contributed by atoms with Gasteiger partial charge in [0.05, 0.1) is 0 Å². The van der Waals surface area contributed by atoms with E-state index < -0.39 is 0 Å². The summed E-state index contributed by atoms with van der Waals surface area (Å²) in [6.07, 6.45) is 0. The molecule has 4 heteroatoms. The molecule has 0 saturated carbocycles. The second-order valence-electron chi connectivity index (χ2n) is 4.09. The summed E-state index contributed by atoms with van der Waals surface area (Å²) in [5.74, 6) is -0.227. The Balaban J connectivity index is 2.11. The molecular formula is C14H14ClNO2. The van der Waals surface area contributed by atoms with Crippen LogP contribution in [0.15, 0.2) is 36.4 Å². The minimum atomic E-state index is -0.114. The molecule has 0 fully saturated rings. The van der Waals surface area contributed by atoms with Crippen LogP contribution < -0.4 is 5.32 Å². The van der Waals surface area contributed by atoms with Crippen LogP contribution in [0.3, 0.4) is 0 Å². The van der Waals surface area contributed by atoms with Crippen molar-refractivity contribution in [1.82, 2.24) is 0 Å². The molecule has 2 rings (SSSR count). The van der Waals surface area contributed by atoms with E-state index in [1.807, 2.05) is 25.1 Å². The Labute approximate surface area is 111 Å². The summed E-state index contributed by atoms with van der Waals surface area (Å²) in [6.45, 7) is 2.49. The summed E-state index contributed by atoms with van der Waals surface area (Å²) >= 11 is 6.03. The lowest BCUT2D eigenvalue weighted by atomic mass is 10.1. The van der Waals surface area contributed by atoms with Gasteiger partial charge in [0.2, 0.25) is 0 Å². The molecule has 0 aliphatic heterocycles. The number of halogens is 1. The van der Waals surface area contributed by atoms with Crippen molar-refractivity contribution < 1.29 is 10.2 Å². The topological polar surface area (TPSA) is 52.5 Å². The first-order valence-corrected chi connectivity index (χ1v) is 5.95. The van der Waals surface area contributed by atoms with E-state index in [2.05, 4.69) is 5.32 Å². The Kier molecular flexibility index (Phi) is 3.63. The molecule has 0 spiro atoms.